The first kappa shape index (κ1) is 18.4. The molecule has 0 bridgehead atoms. The van der Waals surface area contributed by atoms with E-state index in [9.17, 15) is 4.79 Å². The fraction of sp³-hybridized carbons (Fsp3) is 0.647. The second-order valence-electron chi connectivity index (χ2n) is 5.82. The molecule has 0 radical (unpaired) electrons. The summed E-state index contributed by atoms with van der Waals surface area (Å²) in [6, 6.07) is -0.0266. The van der Waals surface area contributed by atoms with Crippen molar-refractivity contribution in [3.8, 4) is 0 Å². The Bertz CT molecular complexity index is 434. The van der Waals surface area contributed by atoms with Gasteiger partial charge in [0, 0.05) is 44.9 Å². The predicted molar refractivity (Wildman–Crippen MR) is 92.7 cm³/mol. The summed E-state index contributed by atoms with van der Waals surface area (Å²) in [4.78, 5) is 20.8. The van der Waals surface area contributed by atoms with Crippen molar-refractivity contribution in [3.63, 3.8) is 0 Å². The summed E-state index contributed by atoms with van der Waals surface area (Å²) in [5.74, 6) is 1.14. The molecule has 1 atom stereocenters. The second kappa shape index (κ2) is 9.41. The smallest absolute Gasteiger partial charge is 0.224 e. The minimum atomic E-state index is -0.0266. The van der Waals surface area contributed by atoms with Crippen LogP contribution in [-0.4, -0.2) is 54.1 Å². The van der Waals surface area contributed by atoms with E-state index in [0.717, 1.165) is 50.4 Å². The molecule has 1 fully saturated rings. The Balaban J connectivity index is 2.57. The van der Waals surface area contributed by atoms with E-state index < -0.39 is 0 Å². The van der Waals surface area contributed by atoms with Gasteiger partial charge in [-0.25, -0.2) is 4.99 Å². The molecule has 5 nitrogen and oxygen atoms in total. The van der Waals surface area contributed by atoms with E-state index in [4.69, 9.17) is 5.73 Å². The third kappa shape index (κ3) is 6.02. The van der Waals surface area contributed by atoms with Gasteiger partial charge in [0.2, 0.25) is 5.91 Å². The van der Waals surface area contributed by atoms with Crippen molar-refractivity contribution >= 4 is 12.1 Å². The first-order valence-electron chi connectivity index (χ1n) is 8.15. The molecule has 1 heterocycles. The maximum Gasteiger partial charge on any atom is 0.224 e. The van der Waals surface area contributed by atoms with Crippen LogP contribution in [0.25, 0.3) is 0 Å². The predicted octanol–water partition coefficient (Wildman–Crippen LogP) is 2.16. The van der Waals surface area contributed by atoms with Crippen molar-refractivity contribution in [2.45, 2.75) is 46.1 Å². The van der Waals surface area contributed by atoms with E-state index in [-0.39, 0.29) is 11.9 Å². The van der Waals surface area contributed by atoms with Crippen LogP contribution in [0, 0.1) is 0 Å². The lowest BCUT2D eigenvalue weighted by Crippen LogP contribution is -2.49. The van der Waals surface area contributed by atoms with Crippen LogP contribution in [0.2, 0.25) is 0 Å². The van der Waals surface area contributed by atoms with Crippen LogP contribution in [-0.2, 0) is 4.79 Å². The molecule has 0 unspecified atom stereocenters. The minimum absolute atomic E-state index is 0.0266. The van der Waals surface area contributed by atoms with E-state index in [1.54, 1.807) is 6.21 Å². The maximum atomic E-state index is 12.2. The average Bonchev–Trinajstić information content (AvgIpc) is 2.51. The number of allylic oxidation sites excluding steroid dienone is 2. The van der Waals surface area contributed by atoms with Gasteiger partial charge < -0.3 is 15.5 Å². The lowest BCUT2D eigenvalue weighted by molar-refractivity contribution is -0.133. The zero-order chi connectivity index (χ0) is 16.5. The number of amides is 1. The van der Waals surface area contributed by atoms with E-state index in [2.05, 4.69) is 29.5 Å². The Morgan fingerprint density at radius 3 is 2.36 bits per heavy atom. The molecule has 0 spiro atoms. The van der Waals surface area contributed by atoms with Crippen molar-refractivity contribution in [2.24, 2.45) is 10.7 Å². The monoisotopic (exact) mass is 306 g/mol. The number of carbonyl (C=O) groups excluding carboxylic acids is 1. The van der Waals surface area contributed by atoms with Gasteiger partial charge in [-0.05, 0) is 31.4 Å². The Morgan fingerprint density at radius 1 is 1.27 bits per heavy atom. The molecule has 0 aliphatic carbocycles. The number of rotatable bonds is 7. The van der Waals surface area contributed by atoms with Gasteiger partial charge in [-0.15, -0.1) is 0 Å². The molecule has 1 aliphatic rings. The molecular formula is C17H30N4O. The first-order chi connectivity index (χ1) is 10.5. The summed E-state index contributed by atoms with van der Waals surface area (Å²) >= 11 is 0. The topological polar surface area (TPSA) is 61.9 Å². The molecule has 124 valence electrons. The molecule has 2 N–H and O–H groups in total. The number of carbonyl (C=O) groups is 1. The Labute approximate surface area is 134 Å². The lowest BCUT2D eigenvalue weighted by Gasteiger charge is -2.36. The summed E-state index contributed by atoms with van der Waals surface area (Å²) in [5, 5.41) is 0. The van der Waals surface area contributed by atoms with Crippen LogP contribution in [0.5, 0.6) is 0 Å². The van der Waals surface area contributed by atoms with Gasteiger partial charge in [-0.3, -0.25) is 4.79 Å². The number of hydrogen-bond donors (Lipinski definition) is 1. The van der Waals surface area contributed by atoms with Crippen molar-refractivity contribution in [2.75, 3.05) is 26.2 Å². The van der Waals surface area contributed by atoms with Crippen LogP contribution in [0.3, 0.4) is 0 Å². The molecule has 0 aromatic rings. The number of nitrogens with two attached hydrogens (primary N) is 1. The molecule has 0 aromatic carbocycles. The van der Waals surface area contributed by atoms with Gasteiger partial charge in [-0.1, -0.05) is 20.4 Å². The third-order valence-corrected chi connectivity index (χ3v) is 3.72. The van der Waals surface area contributed by atoms with Gasteiger partial charge >= 0.3 is 0 Å². The molecule has 1 saturated heterocycles. The highest BCUT2D eigenvalue weighted by molar-refractivity contribution is 5.77. The number of piperazine rings is 1. The molecule has 0 saturated carbocycles. The van der Waals surface area contributed by atoms with Crippen LogP contribution in [0.4, 0.5) is 0 Å². The van der Waals surface area contributed by atoms with Crippen molar-refractivity contribution in [3.05, 3.63) is 24.0 Å². The Hall–Kier alpha value is -1.62. The summed E-state index contributed by atoms with van der Waals surface area (Å²) in [7, 11) is 0. The molecular weight excluding hydrogens is 276 g/mol. The number of nitrogens with zero attached hydrogens (tertiary/aromatic N) is 3. The summed E-state index contributed by atoms with van der Waals surface area (Å²) in [6.45, 7) is 13.0. The highest BCUT2D eigenvalue weighted by Crippen LogP contribution is 2.13. The molecule has 5 heteroatoms. The van der Waals surface area contributed by atoms with E-state index in [0.29, 0.717) is 6.42 Å². The lowest BCUT2D eigenvalue weighted by atomic mass is 10.1. The van der Waals surface area contributed by atoms with Crippen molar-refractivity contribution in [1.82, 2.24) is 9.80 Å². The SMILES string of the molecule is C=C(C)/C=N\C(=C\CC)N1CCN(C(=O)C[C@H](N)CC)CC1. The summed E-state index contributed by atoms with van der Waals surface area (Å²) in [6.07, 6.45) is 6.13. The summed E-state index contributed by atoms with van der Waals surface area (Å²) < 4.78 is 0. The third-order valence-electron chi connectivity index (χ3n) is 3.72. The normalized spacial score (nSPS) is 17.9. The highest BCUT2D eigenvalue weighted by atomic mass is 16.2. The van der Waals surface area contributed by atoms with Crippen LogP contribution < -0.4 is 5.73 Å². The zero-order valence-electron chi connectivity index (χ0n) is 14.2. The van der Waals surface area contributed by atoms with Gasteiger partial charge in [0.1, 0.15) is 5.82 Å². The Kier molecular flexibility index (Phi) is 7.88. The number of aliphatic imine (C=N–C) groups is 1. The van der Waals surface area contributed by atoms with E-state index in [1.807, 2.05) is 18.7 Å². The largest absolute Gasteiger partial charge is 0.353 e. The molecule has 1 rings (SSSR count). The fourth-order valence-corrected chi connectivity index (χ4v) is 2.31. The van der Waals surface area contributed by atoms with Gasteiger partial charge in [0.15, 0.2) is 0 Å². The van der Waals surface area contributed by atoms with Crippen LogP contribution in [0.15, 0.2) is 29.0 Å². The Morgan fingerprint density at radius 2 is 1.86 bits per heavy atom. The molecule has 1 amide bonds. The van der Waals surface area contributed by atoms with Gasteiger partial charge in [0.25, 0.3) is 0 Å². The number of hydrogen-bond acceptors (Lipinski definition) is 4. The molecule has 22 heavy (non-hydrogen) atoms. The molecule has 0 aromatic heterocycles. The minimum Gasteiger partial charge on any atom is -0.353 e. The fourth-order valence-electron chi connectivity index (χ4n) is 2.31. The van der Waals surface area contributed by atoms with Crippen LogP contribution >= 0.6 is 0 Å². The van der Waals surface area contributed by atoms with Gasteiger partial charge in [0.05, 0.1) is 0 Å². The maximum absolute atomic E-state index is 12.2. The van der Waals surface area contributed by atoms with Gasteiger partial charge in [-0.2, -0.15) is 0 Å². The highest BCUT2D eigenvalue weighted by Gasteiger charge is 2.22. The van der Waals surface area contributed by atoms with Crippen molar-refractivity contribution < 1.29 is 4.79 Å². The van der Waals surface area contributed by atoms with Crippen molar-refractivity contribution in [1.29, 1.82) is 0 Å². The quantitative estimate of drug-likeness (QED) is 0.733. The average molecular weight is 306 g/mol. The standard InChI is InChI=1S/C17H30N4O/c1-5-7-16(19-13-14(3)4)20-8-10-21(11-9-20)17(22)12-15(18)6-2/h7,13,15H,3,5-6,8-12,18H2,1-2,4H3/b16-7-,19-13-/t15-/m1/s1. The zero-order valence-corrected chi connectivity index (χ0v) is 14.2. The van der Waals surface area contributed by atoms with E-state index >= 15 is 0 Å². The summed E-state index contributed by atoms with van der Waals surface area (Å²) in [5.41, 5.74) is 6.80. The first-order valence-corrected chi connectivity index (χ1v) is 8.15. The molecule has 1 aliphatic heterocycles. The van der Waals surface area contributed by atoms with E-state index in [1.165, 1.54) is 0 Å². The van der Waals surface area contributed by atoms with Crippen LogP contribution in [0.1, 0.15) is 40.0 Å². The second-order valence-corrected chi connectivity index (χ2v) is 5.82.